The number of nitrogens with two attached hydrogens (primary N) is 1. The van der Waals surface area contributed by atoms with Gasteiger partial charge in [0.25, 0.3) is 0 Å². The van der Waals surface area contributed by atoms with Gasteiger partial charge in [0.15, 0.2) is 11.6 Å². The Hall–Kier alpha value is -2.37. The Labute approximate surface area is 103 Å². The lowest BCUT2D eigenvalue weighted by molar-refractivity contribution is 0.247. The maximum absolute atomic E-state index is 13.5. The summed E-state index contributed by atoms with van der Waals surface area (Å²) in [5.41, 5.74) is 6.44. The minimum Gasteiger partial charge on any atom is -0.494 e. The van der Waals surface area contributed by atoms with E-state index in [1.165, 1.54) is 19.4 Å². The highest BCUT2D eigenvalue weighted by Gasteiger charge is 2.07. The Morgan fingerprint density at radius 2 is 2.28 bits per heavy atom. The summed E-state index contributed by atoms with van der Waals surface area (Å²) in [4.78, 5) is 10.9. The third kappa shape index (κ3) is 2.48. The molecule has 2 aromatic rings. The maximum atomic E-state index is 13.5. The number of primary amides is 1. The molecular weight excluding hydrogens is 237 g/mol. The van der Waals surface area contributed by atoms with Crippen molar-refractivity contribution < 1.29 is 13.9 Å². The molecule has 6 heteroatoms. The van der Waals surface area contributed by atoms with Crippen LogP contribution in [0.5, 0.6) is 5.75 Å². The van der Waals surface area contributed by atoms with Gasteiger partial charge in [-0.2, -0.15) is 9.78 Å². The number of rotatable bonds is 3. The lowest BCUT2D eigenvalue weighted by atomic mass is 10.1. The van der Waals surface area contributed by atoms with Gasteiger partial charge in [-0.3, -0.25) is 0 Å². The van der Waals surface area contributed by atoms with Gasteiger partial charge in [0.05, 0.1) is 12.8 Å². The molecule has 0 spiro atoms. The van der Waals surface area contributed by atoms with Crippen molar-refractivity contribution in [1.82, 2.24) is 9.78 Å². The van der Waals surface area contributed by atoms with Crippen LogP contribution in [-0.4, -0.2) is 22.9 Å². The number of methoxy groups -OCH3 is 1. The van der Waals surface area contributed by atoms with Gasteiger partial charge in [-0.25, -0.2) is 9.18 Å². The van der Waals surface area contributed by atoms with Crippen molar-refractivity contribution in [2.75, 3.05) is 7.11 Å². The summed E-state index contributed by atoms with van der Waals surface area (Å²) < 4.78 is 19.3. The molecule has 94 valence electrons. The van der Waals surface area contributed by atoms with E-state index in [-0.39, 0.29) is 5.75 Å². The molecule has 0 unspecified atom stereocenters. The van der Waals surface area contributed by atoms with Crippen LogP contribution >= 0.6 is 0 Å². The van der Waals surface area contributed by atoms with E-state index in [0.717, 1.165) is 10.2 Å². The molecule has 2 N–H and O–H groups in total. The highest BCUT2D eigenvalue weighted by Crippen LogP contribution is 2.19. The molecule has 5 nitrogen and oxygen atoms in total. The average Bonchev–Trinajstić information content (AvgIpc) is 2.78. The highest BCUT2D eigenvalue weighted by atomic mass is 19.1. The van der Waals surface area contributed by atoms with E-state index >= 15 is 0 Å². The van der Waals surface area contributed by atoms with Crippen LogP contribution in [-0.2, 0) is 6.42 Å². The minimum atomic E-state index is -0.651. The smallest absolute Gasteiger partial charge is 0.339 e. The van der Waals surface area contributed by atoms with Gasteiger partial charge in [0, 0.05) is 12.6 Å². The number of halogens is 1. The fourth-order valence-electron chi connectivity index (χ4n) is 1.61. The summed E-state index contributed by atoms with van der Waals surface area (Å²) in [6.07, 6.45) is 1.89. The van der Waals surface area contributed by atoms with Gasteiger partial charge in [0.1, 0.15) is 0 Å². The zero-order valence-corrected chi connectivity index (χ0v) is 9.76. The van der Waals surface area contributed by atoms with Crippen LogP contribution < -0.4 is 10.5 Å². The van der Waals surface area contributed by atoms with Crippen molar-refractivity contribution in [2.24, 2.45) is 5.73 Å². The van der Waals surface area contributed by atoms with Gasteiger partial charge in [-0.1, -0.05) is 6.07 Å². The third-order valence-electron chi connectivity index (χ3n) is 2.47. The zero-order valence-electron chi connectivity index (χ0n) is 9.76. The van der Waals surface area contributed by atoms with Crippen molar-refractivity contribution in [2.45, 2.75) is 6.42 Å². The molecule has 0 aliphatic carbocycles. The first-order valence-electron chi connectivity index (χ1n) is 5.27. The number of carbonyl (C=O) groups excluding carboxylic acids is 1. The highest BCUT2D eigenvalue weighted by molar-refractivity contribution is 5.73. The second kappa shape index (κ2) is 4.87. The van der Waals surface area contributed by atoms with E-state index in [9.17, 15) is 9.18 Å². The number of hydrogen-bond acceptors (Lipinski definition) is 3. The lowest BCUT2D eigenvalue weighted by Gasteiger charge is -2.03. The number of ether oxygens (including phenoxy) is 1. The number of nitrogens with zero attached hydrogens (tertiary/aromatic N) is 2. The normalized spacial score (nSPS) is 10.3. The Bertz CT molecular complexity index is 580. The van der Waals surface area contributed by atoms with Crippen molar-refractivity contribution in [3.05, 3.63) is 47.5 Å². The summed E-state index contributed by atoms with van der Waals surface area (Å²) in [7, 11) is 1.41. The largest absolute Gasteiger partial charge is 0.494 e. The maximum Gasteiger partial charge on any atom is 0.339 e. The number of amides is 1. The van der Waals surface area contributed by atoms with Crippen molar-refractivity contribution in [3.63, 3.8) is 0 Å². The van der Waals surface area contributed by atoms with Crippen molar-refractivity contribution >= 4 is 6.03 Å². The Balaban J connectivity index is 2.18. The first kappa shape index (κ1) is 12.1. The molecule has 18 heavy (non-hydrogen) atoms. The number of hydrogen-bond donors (Lipinski definition) is 1. The van der Waals surface area contributed by atoms with Crippen LogP contribution in [0.2, 0.25) is 0 Å². The molecule has 0 aliphatic heterocycles. The molecule has 2 rings (SSSR count). The SMILES string of the molecule is COc1ccc(Cc2ccn(C(N)=O)n2)cc1F. The molecule has 1 amide bonds. The molecule has 0 saturated carbocycles. The molecule has 0 atom stereocenters. The van der Waals surface area contributed by atoms with E-state index in [4.69, 9.17) is 10.5 Å². The molecule has 0 fully saturated rings. The van der Waals surface area contributed by atoms with Gasteiger partial charge in [-0.15, -0.1) is 0 Å². The summed E-state index contributed by atoms with van der Waals surface area (Å²) in [5, 5.41) is 3.97. The summed E-state index contributed by atoms with van der Waals surface area (Å²) in [6, 6.07) is 5.68. The fraction of sp³-hybridized carbons (Fsp3) is 0.167. The Kier molecular flexibility index (Phi) is 3.27. The van der Waals surface area contributed by atoms with Gasteiger partial charge < -0.3 is 10.5 Å². The predicted octanol–water partition coefficient (Wildman–Crippen LogP) is 1.55. The summed E-state index contributed by atoms with van der Waals surface area (Å²) in [6.45, 7) is 0. The van der Waals surface area contributed by atoms with E-state index in [0.29, 0.717) is 12.1 Å². The minimum absolute atomic E-state index is 0.196. The molecular formula is C12H12FN3O2. The first-order valence-corrected chi connectivity index (χ1v) is 5.27. The van der Waals surface area contributed by atoms with E-state index < -0.39 is 11.8 Å². The Morgan fingerprint density at radius 3 is 2.83 bits per heavy atom. The van der Waals surface area contributed by atoms with Crippen LogP contribution in [0.25, 0.3) is 0 Å². The van der Waals surface area contributed by atoms with Crippen LogP contribution in [0.15, 0.2) is 30.5 Å². The quantitative estimate of drug-likeness (QED) is 0.897. The number of carbonyl (C=O) groups is 1. The standard InChI is InChI=1S/C12H12FN3O2/c1-18-11-3-2-8(7-10(11)13)6-9-4-5-16(15-9)12(14)17/h2-5,7H,6H2,1H3,(H2,14,17). The second-order valence-electron chi connectivity index (χ2n) is 3.74. The Morgan fingerprint density at radius 1 is 1.50 bits per heavy atom. The molecule has 0 saturated heterocycles. The molecule has 1 aromatic heterocycles. The molecule has 0 radical (unpaired) electrons. The molecule has 0 bridgehead atoms. The summed E-state index contributed by atoms with van der Waals surface area (Å²) in [5.74, 6) is -0.231. The van der Waals surface area contributed by atoms with E-state index in [1.807, 2.05) is 0 Å². The van der Waals surface area contributed by atoms with E-state index in [2.05, 4.69) is 5.10 Å². The number of aromatic nitrogens is 2. The monoisotopic (exact) mass is 249 g/mol. The van der Waals surface area contributed by atoms with Gasteiger partial charge in [0.2, 0.25) is 0 Å². The van der Waals surface area contributed by atoms with Gasteiger partial charge >= 0.3 is 6.03 Å². The topological polar surface area (TPSA) is 70.1 Å². The van der Waals surface area contributed by atoms with Crippen LogP contribution in [0, 0.1) is 5.82 Å². The first-order chi connectivity index (χ1) is 8.60. The predicted molar refractivity (Wildman–Crippen MR) is 63.0 cm³/mol. The molecule has 1 aromatic carbocycles. The molecule has 1 heterocycles. The zero-order chi connectivity index (χ0) is 13.1. The summed E-state index contributed by atoms with van der Waals surface area (Å²) >= 11 is 0. The lowest BCUT2D eigenvalue weighted by Crippen LogP contribution is -2.20. The molecule has 0 aliphatic rings. The number of benzene rings is 1. The fourth-order valence-corrected chi connectivity index (χ4v) is 1.61. The average molecular weight is 249 g/mol. The second-order valence-corrected chi connectivity index (χ2v) is 3.74. The van der Waals surface area contributed by atoms with Gasteiger partial charge in [-0.05, 0) is 23.8 Å². The van der Waals surface area contributed by atoms with Crippen LogP contribution in [0.4, 0.5) is 9.18 Å². The third-order valence-corrected chi connectivity index (χ3v) is 2.47. The van der Waals surface area contributed by atoms with Crippen molar-refractivity contribution in [1.29, 1.82) is 0 Å². The van der Waals surface area contributed by atoms with E-state index in [1.54, 1.807) is 18.2 Å². The van der Waals surface area contributed by atoms with Crippen molar-refractivity contribution in [3.8, 4) is 5.75 Å². The van der Waals surface area contributed by atoms with Crippen LogP contribution in [0.1, 0.15) is 11.3 Å². The van der Waals surface area contributed by atoms with Crippen LogP contribution in [0.3, 0.4) is 0 Å².